The van der Waals surface area contributed by atoms with Crippen LogP contribution in [-0.2, 0) is 9.59 Å². The monoisotopic (exact) mass is 364 g/mol. The number of halogens is 2. The highest BCUT2D eigenvalue weighted by atomic mass is 19.1. The first kappa shape index (κ1) is 19.2. The lowest BCUT2D eigenvalue weighted by Crippen LogP contribution is -2.35. The van der Waals surface area contributed by atoms with Gasteiger partial charge in [0.05, 0.1) is 19.3 Å². The number of ether oxygens (including phenoxy) is 2. The summed E-state index contributed by atoms with van der Waals surface area (Å²) in [4.78, 5) is 23.6. The number of anilines is 1. The molecule has 0 spiro atoms. The van der Waals surface area contributed by atoms with Crippen LogP contribution in [0.25, 0.3) is 0 Å². The summed E-state index contributed by atoms with van der Waals surface area (Å²) in [5, 5.41) is 4.97. The predicted octanol–water partition coefficient (Wildman–Crippen LogP) is 2.42. The molecule has 0 unspecified atom stereocenters. The second-order valence-corrected chi connectivity index (χ2v) is 5.39. The summed E-state index contributed by atoms with van der Waals surface area (Å²) in [6.07, 6.45) is 0. The van der Waals surface area contributed by atoms with Crippen molar-refractivity contribution in [3.8, 4) is 11.5 Å². The summed E-state index contributed by atoms with van der Waals surface area (Å²) in [6, 6.07) is 8.03. The standard InChI is InChI=1S/C18H18F2N2O4/c1-11-3-5-16(25-2)14(7-11)22-17(23)9-21-18(24)10-26-15-6-4-12(19)8-13(15)20/h3-8H,9-10H2,1-2H3,(H,21,24)(H,22,23). The van der Waals surface area contributed by atoms with Gasteiger partial charge in [-0.25, -0.2) is 8.78 Å². The third kappa shape index (κ3) is 5.44. The molecule has 2 aromatic carbocycles. The molecule has 0 aliphatic carbocycles. The molecule has 2 aromatic rings. The number of amides is 2. The molecule has 0 aromatic heterocycles. The molecule has 0 aliphatic rings. The van der Waals surface area contributed by atoms with Crippen LogP contribution in [0.4, 0.5) is 14.5 Å². The number of hydrogen-bond acceptors (Lipinski definition) is 4. The topological polar surface area (TPSA) is 76.7 Å². The van der Waals surface area contributed by atoms with Gasteiger partial charge in [0.25, 0.3) is 5.91 Å². The van der Waals surface area contributed by atoms with Gasteiger partial charge in [0.2, 0.25) is 5.91 Å². The lowest BCUT2D eigenvalue weighted by molar-refractivity contribution is -0.125. The zero-order valence-corrected chi connectivity index (χ0v) is 14.3. The van der Waals surface area contributed by atoms with Gasteiger partial charge in [0.15, 0.2) is 18.2 Å². The Kier molecular flexibility index (Phi) is 6.48. The largest absolute Gasteiger partial charge is 0.495 e. The van der Waals surface area contributed by atoms with E-state index < -0.39 is 30.1 Å². The Morgan fingerprint density at radius 1 is 1.04 bits per heavy atom. The van der Waals surface area contributed by atoms with Crippen molar-refractivity contribution in [1.29, 1.82) is 0 Å². The Morgan fingerprint density at radius 2 is 1.77 bits per heavy atom. The van der Waals surface area contributed by atoms with E-state index in [9.17, 15) is 18.4 Å². The number of benzene rings is 2. The molecule has 0 heterocycles. The lowest BCUT2D eigenvalue weighted by Gasteiger charge is -2.12. The molecule has 2 amide bonds. The van der Waals surface area contributed by atoms with Gasteiger partial charge in [-0.15, -0.1) is 0 Å². The highest BCUT2D eigenvalue weighted by Crippen LogP contribution is 2.24. The zero-order valence-electron chi connectivity index (χ0n) is 14.3. The summed E-state index contributed by atoms with van der Waals surface area (Å²) >= 11 is 0. The van der Waals surface area contributed by atoms with Gasteiger partial charge in [-0.1, -0.05) is 6.07 Å². The van der Waals surface area contributed by atoms with Crippen molar-refractivity contribution in [2.24, 2.45) is 0 Å². The van der Waals surface area contributed by atoms with Crippen LogP contribution in [0.1, 0.15) is 5.56 Å². The first-order valence-corrected chi connectivity index (χ1v) is 7.68. The highest BCUT2D eigenvalue weighted by Gasteiger charge is 2.11. The molecule has 2 N–H and O–H groups in total. The SMILES string of the molecule is COc1ccc(C)cc1NC(=O)CNC(=O)COc1ccc(F)cc1F. The van der Waals surface area contributed by atoms with Crippen molar-refractivity contribution in [2.45, 2.75) is 6.92 Å². The van der Waals surface area contributed by atoms with Crippen LogP contribution < -0.4 is 20.1 Å². The summed E-state index contributed by atoms with van der Waals surface area (Å²) in [5.74, 6) is -2.51. The van der Waals surface area contributed by atoms with E-state index in [4.69, 9.17) is 9.47 Å². The minimum absolute atomic E-state index is 0.254. The van der Waals surface area contributed by atoms with Crippen molar-refractivity contribution in [3.63, 3.8) is 0 Å². The van der Waals surface area contributed by atoms with Crippen LogP contribution in [0.3, 0.4) is 0 Å². The van der Waals surface area contributed by atoms with Crippen molar-refractivity contribution < 1.29 is 27.8 Å². The van der Waals surface area contributed by atoms with E-state index in [-0.39, 0.29) is 12.3 Å². The van der Waals surface area contributed by atoms with E-state index >= 15 is 0 Å². The summed E-state index contributed by atoms with van der Waals surface area (Å²) in [6.45, 7) is 1.05. The molecule has 0 fully saturated rings. The number of carbonyl (C=O) groups is 2. The maximum Gasteiger partial charge on any atom is 0.258 e. The van der Waals surface area contributed by atoms with Crippen LogP contribution in [0, 0.1) is 18.6 Å². The van der Waals surface area contributed by atoms with Gasteiger partial charge >= 0.3 is 0 Å². The summed E-state index contributed by atoms with van der Waals surface area (Å²) < 4.78 is 36.3. The Bertz CT molecular complexity index is 812. The fourth-order valence-corrected chi connectivity index (χ4v) is 2.08. The molecule has 138 valence electrons. The van der Waals surface area contributed by atoms with E-state index in [0.717, 1.165) is 17.7 Å². The van der Waals surface area contributed by atoms with Crippen molar-refractivity contribution in [3.05, 3.63) is 53.6 Å². The molecule has 0 saturated heterocycles. The second-order valence-electron chi connectivity index (χ2n) is 5.39. The highest BCUT2D eigenvalue weighted by molar-refractivity contribution is 5.95. The number of carbonyl (C=O) groups excluding carboxylic acids is 2. The molecule has 0 atom stereocenters. The van der Waals surface area contributed by atoms with Crippen LogP contribution in [0.5, 0.6) is 11.5 Å². The van der Waals surface area contributed by atoms with Gasteiger partial charge in [0.1, 0.15) is 11.6 Å². The van der Waals surface area contributed by atoms with Gasteiger partial charge in [-0.05, 0) is 36.8 Å². The second kappa shape index (κ2) is 8.80. The number of aryl methyl sites for hydroxylation is 1. The van der Waals surface area contributed by atoms with Crippen LogP contribution in [0.15, 0.2) is 36.4 Å². The first-order valence-electron chi connectivity index (χ1n) is 7.68. The lowest BCUT2D eigenvalue weighted by atomic mass is 10.2. The molecule has 0 saturated carbocycles. The van der Waals surface area contributed by atoms with E-state index in [2.05, 4.69) is 10.6 Å². The van der Waals surface area contributed by atoms with Gasteiger partial charge in [0, 0.05) is 6.07 Å². The molecule has 0 bridgehead atoms. The number of hydrogen-bond donors (Lipinski definition) is 2. The predicted molar refractivity (Wildman–Crippen MR) is 91.2 cm³/mol. The number of methoxy groups -OCH3 is 1. The van der Waals surface area contributed by atoms with Gasteiger partial charge < -0.3 is 20.1 Å². The molecule has 0 radical (unpaired) electrons. The van der Waals surface area contributed by atoms with E-state index in [1.807, 2.05) is 13.0 Å². The van der Waals surface area contributed by atoms with Crippen LogP contribution >= 0.6 is 0 Å². The number of rotatable bonds is 7. The van der Waals surface area contributed by atoms with Gasteiger partial charge in [-0.2, -0.15) is 0 Å². The maximum absolute atomic E-state index is 13.4. The fraction of sp³-hybridized carbons (Fsp3) is 0.222. The van der Waals surface area contributed by atoms with E-state index in [1.165, 1.54) is 7.11 Å². The Balaban J connectivity index is 1.81. The molecule has 0 aliphatic heterocycles. The Labute approximate surface area is 149 Å². The van der Waals surface area contributed by atoms with Crippen molar-refractivity contribution >= 4 is 17.5 Å². The third-order valence-corrected chi connectivity index (χ3v) is 3.33. The van der Waals surface area contributed by atoms with Crippen molar-refractivity contribution in [2.75, 3.05) is 25.6 Å². The number of nitrogens with one attached hydrogen (secondary N) is 2. The van der Waals surface area contributed by atoms with E-state index in [0.29, 0.717) is 17.5 Å². The quantitative estimate of drug-likeness (QED) is 0.791. The average molecular weight is 364 g/mol. The Morgan fingerprint density at radius 3 is 2.46 bits per heavy atom. The Hall–Kier alpha value is -3.16. The molecule has 26 heavy (non-hydrogen) atoms. The van der Waals surface area contributed by atoms with Crippen LogP contribution in [0.2, 0.25) is 0 Å². The average Bonchev–Trinajstić information content (AvgIpc) is 2.59. The minimum Gasteiger partial charge on any atom is -0.495 e. The third-order valence-electron chi connectivity index (χ3n) is 3.33. The normalized spacial score (nSPS) is 10.2. The molecule has 2 rings (SSSR count). The van der Waals surface area contributed by atoms with E-state index in [1.54, 1.807) is 12.1 Å². The minimum atomic E-state index is -0.915. The molecule has 8 heteroatoms. The summed E-state index contributed by atoms with van der Waals surface area (Å²) in [7, 11) is 1.48. The molecular weight excluding hydrogens is 346 g/mol. The molecular formula is C18H18F2N2O4. The van der Waals surface area contributed by atoms with Crippen molar-refractivity contribution in [1.82, 2.24) is 5.32 Å². The smallest absolute Gasteiger partial charge is 0.258 e. The van der Waals surface area contributed by atoms with Gasteiger partial charge in [-0.3, -0.25) is 9.59 Å². The first-order chi connectivity index (χ1) is 12.4. The zero-order chi connectivity index (χ0) is 19.1. The molecule has 6 nitrogen and oxygen atoms in total. The fourth-order valence-electron chi connectivity index (χ4n) is 2.08. The summed E-state index contributed by atoms with van der Waals surface area (Å²) in [5.41, 5.74) is 1.41. The van der Waals surface area contributed by atoms with Crippen LogP contribution in [-0.4, -0.2) is 32.1 Å². The maximum atomic E-state index is 13.4.